The molecule has 0 saturated carbocycles. The van der Waals surface area contributed by atoms with Gasteiger partial charge in [0.1, 0.15) is 11.9 Å². The molecule has 1 atom stereocenters. The number of benzene rings is 1. The van der Waals surface area contributed by atoms with Crippen LogP contribution in [0.25, 0.3) is 22.2 Å². The number of rotatable bonds is 4. The Morgan fingerprint density at radius 1 is 1.21 bits per heavy atom. The van der Waals surface area contributed by atoms with Crippen LogP contribution < -0.4 is 10.3 Å². The molecule has 1 aromatic carbocycles. The number of hydrogen-bond donors (Lipinski definition) is 1. The highest BCUT2D eigenvalue weighted by atomic mass is 16.5. The van der Waals surface area contributed by atoms with E-state index in [2.05, 4.69) is 49.0 Å². The Labute approximate surface area is 172 Å². The molecule has 1 saturated heterocycles. The average Bonchev–Trinajstić information content (AvgIpc) is 3.05. The van der Waals surface area contributed by atoms with Crippen LogP contribution in [0.1, 0.15) is 43.7 Å². The molecule has 0 spiro atoms. The summed E-state index contributed by atoms with van der Waals surface area (Å²) in [7, 11) is 3.97. The normalized spacial score (nSPS) is 17.9. The summed E-state index contributed by atoms with van der Waals surface area (Å²) in [6.07, 6.45) is 4.45. The van der Waals surface area contributed by atoms with Crippen molar-refractivity contribution in [2.45, 2.75) is 45.6 Å². The number of nitrogens with one attached hydrogen (secondary N) is 1. The lowest BCUT2D eigenvalue weighted by Crippen LogP contribution is -2.38. The first-order valence-electron chi connectivity index (χ1n) is 10.5. The summed E-state index contributed by atoms with van der Waals surface area (Å²) in [5, 5.41) is 1.20. The van der Waals surface area contributed by atoms with Crippen LogP contribution in [0.5, 0.6) is 5.75 Å². The third kappa shape index (κ3) is 3.84. The minimum atomic E-state index is 0.0455. The minimum absolute atomic E-state index is 0.0455. The molecule has 1 N–H and O–H groups in total. The maximum atomic E-state index is 12.1. The van der Waals surface area contributed by atoms with E-state index in [1.807, 2.05) is 26.2 Å². The maximum Gasteiger partial charge on any atom is 0.253 e. The Morgan fingerprint density at radius 2 is 2.00 bits per heavy atom. The van der Waals surface area contributed by atoms with Crippen molar-refractivity contribution in [2.24, 2.45) is 7.05 Å². The molecular formula is C24H31N3O2. The van der Waals surface area contributed by atoms with Gasteiger partial charge in [-0.1, -0.05) is 13.8 Å². The molecule has 2 aromatic heterocycles. The van der Waals surface area contributed by atoms with Gasteiger partial charge < -0.3 is 19.2 Å². The number of likely N-dealkylation sites (tertiary alicyclic amines) is 1. The van der Waals surface area contributed by atoms with E-state index in [9.17, 15) is 4.79 Å². The van der Waals surface area contributed by atoms with Crippen molar-refractivity contribution in [3.8, 4) is 17.0 Å². The Bertz CT molecular complexity index is 1070. The SMILES string of the molecule is Cc1cc(-c2[nH]c3ccc(OC4CCCN(C)C4)cc3c2C(C)C)cn(C)c1=O. The standard InChI is InChI=1S/C24H31N3O2/c1-15(2)22-20-12-18(29-19-7-6-10-26(4)14-19)8-9-21(20)25-23(22)17-11-16(3)24(28)27(5)13-17/h8-9,11-13,15,19,25H,6-7,10,14H2,1-5H3. The van der Waals surface area contributed by atoms with Crippen molar-refractivity contribution in [3.05, 3.63) is 51.9 Å². The molecule has 3 aromatic rings. The maximum absolute atomic E-state index is 12.1. The third-order valence-electron chi connectivity index (χ3n) is 5.92. The number of likely N-dealkylation sites (N-methyl/N-ethyl adjacent to an activating group) is 1. The van der Waals surface area contributed by atoms with Gasteiger partial charge in [0.15, 0.2) is 0 Å². The first-order valence-corrected chi connectivity index (χ1v) is 10.5. The number of piperidine rings is 1. The number of pyridine rings is 1. The van der Waals surface area contributed by atoms with Gasteiger partial charge in [0.05, 0.1) is 5.69 Å². The predicted octanol–water partition coefficient (Wildman–Crippen LogP) is 4.44. The molecule has 1 unspecified atom stereocenters. The Kier molecular flexibility index (Phi) is 5.26. The molecule has 1 fully saturated rings. The summed E-state index contributed by atoms with van der Waals surface area (Å²) in [5.74, 6) is 1.27. The van der Waals surface area contributed by atoms with Crippen LogP contribution in [0.3, 0.4) is 0 Å². The van der Waals surface area contributed by atoms with Crippen LogP contribution in [0.2, 0.25) is 0 Å². The molecule has 0 amide bonds. The highest BCUT2D eigenvalue weighted by Gasteiger charge is 2.21. The van der Waals surface area contributed by atoms with Crippen LogP contribution in [0, 0.1) is 6.92 Å². The molecule has 0 radical (unpaired) electrons. The van der Waals surface area contributed by atoms with Gasteiger partial charge in [-0.2, -0.15) is 0 Å². The summed E-state index contributed by atoms with van der Waals surface area (Å²) in [6, 6.07) is 8.33. The van der Waals surface area contributed by atoms with Crippen molar-refractivity contribution in [1.82, 2.24) is 14.5 Å². The van der Waals surface area contributed by atoms with Crippen molar-refractivity contribution in [2.75, 3.05) is 20.1 Å². The Balaban J connectivity index is 1.77. The van der Waals surface area contributed by atoms with Crippen molar-refractivity contribution in [1.29, 1.82) is 0 Å². The average molecular weight is 394 g/mol. The topological polar surface area (TPSA) is 50.3 Å². The molecular weight excluding hydrogens is 362 g/mol. The summed E-state index contributed by atoms with van der Waals surface area (Å²) in [6.45, 7) is 8.42. The van der Waals surface area contributed by atoms with Gasteiger partial charge in [0.2, 0.25) is 0 Å². The van der Waals surface area contributed by atoms with E-state index < -0.39 is 0 Å². The number of aromatic nitrogens is 2. The van der Waals surface area contributed by atoms with Crippen LogP contribution in [-0.4, -0.2) is 40.7 Å². The highest BCUT2D eigenvalue weighted by molar-refractivity contribution is 5.92. The number of ether oxygens (including phenoxy) is 1. The zero-order valence-corrected chi connectivity index (χ0v) is 18.1. The first-order chi connectivity index (χ1) is 13.8. The Hall–Kier alpha value is -2.53. The second-order valence-corrected chi connectivity index (χ2v) is 8.75. The second kappa shape index (κ2) is 7.71. The second-order valence-electron chi connectivity index (χ2n) is 8.75. The van der Waals surface area contributed by atoms with Gasteiger partial charge in [-0.25, -0.2) is 0 Å². The molecule has 0 bridgehead atoms. The number of fused-ring (bicyclic) bond motifs is 1. The smallest absolute Gasteiger partial charge is 0.253 e. The fourth-order valence-electron chi connectivity index (χ4n) is 4.51. The molecule has 1 aliphatic rings. The van der Waals surface area contributed by atoms with E-state index in [-0.39, 0.29) is 11.7 Å². The molecule has 29 heavy (non-hydrogen) atoms. The van der Waals surface area contributed by atoms with Gasteiger partial charge in [-0.3, -0.25) is 4.79 Å². The van der Waals surface area contributed by atoms with Crippen molar-refractivity contribution < 1.29 is 4.74 Å². The Morgan fingerprint density at radius 3 is 2.69 bits per heavy atom. The summed E-state index contributed by atoms with van der Waals surface area (Å²) in [5.41, 5.74) is 5.30. The van der Waals surface area contributed by atoms with Crippen molar-refractivity contribution in [3.63, 3.8) is 0 Å². The zero-order chi connectivity index (χ0) is 20.7. The summed E-state index contributed by atoms with van der Waals surface area (Å²) in [4.78, 5) is 18.1. The first kappa shape index (κ1) is 19.8. The van der Waals surface area contributed by atoms with E-state index in [1.165, 1.54) is 17.4 Å². The van der Waals surface area contributed by atoms with Crippen molar-refractivity contribution >= 4 is 10.9 Å². The minimum Gasteiger partial charge on any atom is -0.489 e. The monoisotopic (exact) mass is 393 g/mol. The van der Waals surface area contributed by atoms with E-state index in [0.29, 0.717) is 5.92 Å². The lowest BCUT2D eigenvalue weighted by Gasteiger charge is -2.30. The van der Waals surface area contributed by atoms with Crippen LogP contribution in [0.4, 0.5) is 0 Å². The molecule has 5 nitrogen and oxygen atoms in total. The number of nitrogens with zero attached hydrogens (tertiary/aromatic N) is 2. The quantitative estimate of drug-likeness (QED) is 0.713. The zero-order valence-electron chi connectivity index (χ0n) is 18.1. The van der Waals surface area contributed by atoms with Gasteiger partial charge >= 0.3 is 0 Å². The molecule has 0 aliphatic carbocycles. The number of aryl methyl sites for hydroxylation is 2. The van der Waals surface area contributed by atoms with Crippen LogP contribution in [0.15, 0.2) is 35.3 Å². The molecule has 3 heterocycles. The lowest BCUT2D eigenvalue weighted by atomic mass is 9.96. The molecule has 5 heteroatoms. The fourth-order valence-corrected chi connectivity index (χ4v) is 4.51. The van der Waals surface area contributed by atoms with Gasteiger partial charge in [-0.15, -0.1) is 0 Å². The van der Waals surface area contributed by atoms with E-state index in [4.69, 9.17) is 4.74 Å². The number of aromatic amines is 1. The lowest BCUT2D eigenvalue weighted by molar-refractivity contribution is 0.104. The van der Waals surface area contributed by atoms with E-state index in [1.54, 1.807) is 4.57 Å². The van der Waals surface area contributed by atoms with E-state index in [0.717, 1.165) is 47.6 Å². The highest BCUT2D eigenvalue weighted by Crippen LogP contribution is 2.37. The van der Waals surface area contributed by atoms with Crippen LogP contribution >= 0.6 is 0 Å². The summed E-state index contributed by atoms with van der Waals surface area (Å²) >= 11 is 0. The van der Waals surface area contributed by atoms with Gasteiger partial charge in [0.25, 0.3) is 5.56 Å². The largest absolute Gasteiger partial charge is 0.489 e. The van der Waals surface area contributed by atoms with Gasteiger partial charge in [0, 0.05) is 41.8 Å². The number of H-pyrrole nitrogens is 1. The molecule has 4 rings (SSSR count). The summed E-state index contributed by atoms with van der Waals surface area (Å²) < 4.78 is 8.00. The fraction of sp³-hybridized carbons (Fsp3) is 0.458. The number of hydrogen-bond acceptors (Lipinski definition) is 3. The molecule has 154 valence electrons. The predicted molar refractivity (Wildman–Crippen MR) is 119 cm³/mol. The van der Waals surface area contributed by atoms with Gasteiger partial charge in [-0.05, 0) is 69.1 Å². The third-order valence-corrected chi connectivity index (χ3v) is 5.92. The molecule has 1 aliphatic heterocycles. The van der Waals surface area contributed by atoms with Crippen LogP contribution in [-0.2, 0) is 7.05 Å². The van der Waals surface area contributed by atoms with E-state index >= 15 is 0 Å².